The molecule has 0 N–H and O–H groups in total. The van der Waals surface area contributed by atoms with Crippen LogP contribution in [0.4, 0.5) is 0 Å². The van der Waals surface area contributed by atoms with E-state index in [-0.39, 0.29) is 5.41 Å². The minimum absolute atomic E-state index is 0.211. The molecule has 47 heavy (non-hydrogen) atoms. The lowest BCUT2D eigenvalue weighted by molar-refractivity contribution is 0.663. The van der Waals surface area contributed by atoms with E-state index in [1.807, 2.05) is 29.5 Å². The molecule has 4 nitrogen and oxygen atoms in total. The third-order valence-corrected chi connectivity index (χ3v) is 11.0. The fraction of sp³-hybridized carbons (Fsp3) is 0.0714. The van der Waals surface area contributed by atoms with E-state index in [2.05, 4.69) is 134 Å². The topological polar surface area (TPSA) is 43.6 Å². The van der Waals surface area contributed by atoms with Crippen molar-refractivity contribution in [2.24, 2.45) is 0 Å². The maximum absolute atomic E-state index is 5.38. The Morgan fingerprint density at radius 3 is 2.13 bits per heavy atom. The Morgan fingerprint density at radius 1 is 0.532 bits per heavy atom. The van der Waals surface area contributed by atoms with Crippen molar-refractivity contribution in [1.82, 2.24) is 19.5 Å². The summed E-state index contributed by atoms with van der Waals surface area (Å²) in [4.78, 5) is 15.8. The van der Waals surface area contributed by atoms with Crippen molar-refractivity contribution in [1.29, 1.82) is 0 Å². The third-order valence-electron chi connectivity index (χ3n) is 9.85. The summed E-state index contributed by atoms with van der Waals surface area (Å²) in [5.74, 6) is 1.95. The number of nitrogens with zero attached hydrogens (tertiary/aromatic N) is 4. The number of rotatable bonds is 3. The summed E-state index contributed by atoms with van der Waals surface area (Å²) in [5.41, 5.74) is 9.21. The molecule has 3 aromatic heterocycles. The van der Waals surface area contributed by atoms with Crippen LogP contribution in [0.1, 0.15) is 25.0 Å². The second-order valence-corrected chi connectivity index (χ2v) is 13.9. The zero-order valence-electron chi connectivity index (χ0n) is 25.9. The van der Waals surface area contributed by atoms with Gasteiger partial charge >= 0.3 is 0 Å². The lowest BCUT2D eigenvalue weighted by atomic mass is 9.81. The average molecular weight is 621 g/mol. The monoisotopic (exact) mass is 620 g/mol. The molecule has 0 spiro atoms. The molecule has 3 heterocycles. The van der Waals surface area contributed by atoms with Gasteiger partial charge in [-0.2, -0.15) is 9.97 Å². The van der Waals surface area contributed by atoms with Crippen molar-refractivity contribution in [3.8, 4) is 39.9 Å². The Hall–Kier alpha value is -5.65. The summed E-state index contributed by atoms with van der Waals surface area (Å²) in [5, 5.41) is 4.80. The second-order valence-electron chi connectivity index (χ2n) is 12.8. The molecule has 0 radical (unpaired) electrons. The standard InChI is InChI=1S/C42H28N4S/c1-42(2)32-19-9-6-15-26(32)28-23-24-29-27-16-7-10-20-33(27)46(38(29)37(28)42)41-44-39(25-13-4-3-5-14-25)43-40(45-41)31-18-12-22-35-36(31)30-17-8-11-21-34(30)47-35/h3-24H,1-2H3. The number of hydrogen-bond acceptors (Lipinski definition) is 4. The summed E-state index contributed by atoms with van der Waals surface area (Å²) < 4.78 is 4.77. The first kappa shape index (κ1) is 26.6. The molecule has 0 atom stereocenters. The van der Waals surface area contributed by atoms with E-state index in [4.69, 9.17) is 15.0 Å². The molecular weight excluding hydrogens is 593 g/mol. The molecule has 6 aromatic carbocycles. The highest BCUT2D eigenvalue weighted by atomic mass is 32.1. The van der Waals surface area contributed by atoms with E-state index >= 15 is 0 Å². The minimum atomic E-state index is -0.211. The lowest BCUT2D eigenvalue weighted by Gasteiger charge is -2.23. The zero-order chi connectivity index (χ0) is 31.3. The van der Waals surface area contributed by atoms with E-state index in [9.17, 15) is 0 Å². The highest BCUT2D eigenvalue weighted by Crippen LogP contribution is 2.52. The second kappa shape index (κ2) is 9.68. The Morgan fingerprint density at radius 2 is 1.23 bits per heavy atom. The average Bonchev–Trinajstić information content (AvgIpc) is 3.74. The lowest BCUT2D eigenvalue weighted by Crippen LogP contribution is -2.17. The van der Waals surface area contributed by atoms with Gasteiger partial charge in [-0.15, -0.1) is 11.3 Å². The molecule has 9 aromatic rings. The summed E-state index contributed by atoms with van der Waals surface area (Å²) in [6.45, 7) is 4.69. The molecule has 0 aliphatic heterocycles. The molecule has 0 unspecified atom stereocenters. The first-order valence-corrected chi connectivity index (χ1v) is 16.8. The fourth-order valence-corrected chi connectivity index (χ4v) is 8.91. The summed E-state index contributed by atoms with van der Waals surface area (Å²) in [6, 6.07) is 47.4. The molecule has 1 aliphatic rings. The zero-order valence-corrected chi connectivity index (χ0v) is 26.7. The molecule has 5 heteroatoms. The normalized spacial score (nSPS) is 13.5. The van der Waals surface area contributed by atoms with Gasteiger partial charge in [-0.25, -0.2) is 4.98 Å². The van der Waals surface area contributed by atoms with Crippen LogP contribution in [-0.4, -0.2) is 19.5 Å². The van der Waals surface area contributed by atoms with Crippen LogP contribution in [0.15, 0.2) is 133 Å². The van der Waals surface area contributed by atoms with E-state index in [1.165, 1.54) is 53.2 Å². The van der Waals surface area contributed by atoms with Crippen molar-refractivity contribution >= 4 is 53.3 Å². The van der Waals surface area contributed by atoms with Gasteiger partial charge in [-0.3, -0.25) is 4.57 Å². The molecule has 0 amide bonds. The van der Waals surface area contributed by atoms with Crippen LogP contribution in [0.3, 0.4) is 0 Å². The van der Waals surface area contributed by atoms with Gasteiger partial charge in [0, 0.05) is 47.5 Å². The Kier molecular flexibility index (Phi) is 5.47. The summed E-state index contributed by atoms with van der Waals surface area (Å²) in [7, 11) is 0. The minimum Gasteiger partial charge on any atom is -0.277 e. The Balaban J connectivity index is 1.34. The van der Waals surface area contributed by atoms with Crippen molar-refractivity contribution in [2.75, 3.05) is 0 Å². The van der Waals surface area contributed by atoms with Crippen LogP contribution in [0.25, 0.3) is 81.8 Å². The van der Waals surface area contributed by atoms with Gasteiger partial charge in [0.2, 0.25) is 5.95 Å². The van der Waals surface area contributed by atoms with E-state index in [0.717, 1.165) is 22.2 Å². The molecule has 10 rings (SSSR count). The number of thiophene rings is 1. The maximum atomic E-state index is 5.38. The highest BCUT2D eigenvalue weighted by molar-refractivity contribution is 7.25. The fourth-order valence-electron chi connectivity index (χ4n) is 7.78. The molecule has 0 saturated heterocycles. The van der Waals surface area contributed by atoms with Crippen LogP contribution in [0.5, 0.6) is 0 Å². The first-order valence-electron chi connectivity index (χ1n) is 16.0. The highest BCUT2D eigenvalue weighted by Gasteiger charge is 2.38. The van der Waals surface area contributed by atoms with Crippen molar-refractivity contribution in [2.45, 2.75) is 19.3 Å². The number of benzene rings is 6. The smallest absolute Gasteiger partial charge is 0.238 e. The Bertz CT molecular complexity index is 2720. The van der Waals surface area contributed by atoms with Gasteiger partial charge in [0.25, 0.3) is 0 Å². The third kappa shape index (κ3) is 3.72. The molecular formula is C42H28N4S. The Labute approximate surface area is 275 Å². The number of aromatic nitrogens is 4. The number of hydrogen-bond donors (Lipinski definition) is 0. The van der Waals surface area contributed by atoms with Crippen molar-refractivity contribution < 1.29 is 0 Å². The SMILES string of the molecule is CC1(C)c2ccccc2-c2ccc3c4ccccc4n(-c4nc(-c5ccccc5)nc(-c5cccc6sc7ccccc7c56)n4)c3c21. The largest absolute Gasteiger partial charge is 0.277 e. The van der Waals surface area contributed by atoms with Crippen molar-refractivity contribution in [3.05, 3.63) is 145 Å². The van der Waals surface area contributed by atoms with Gasteiger partial charge in [0.05, 0.1) is 11.0 Å². The van der Waals surface area contributed by atoms with Gasteiger partial charge in [-0.1, -0.05) is 129 Å². The van der Waals surface area contributed by atoms with Gasteiger partial charge in [-0.05, 0) is 40.5 Å². The van der Waals surface area contributed by atoms with Crippen LogP contribution < -0.4 is 0 Å². The van der Waals surface area contributed by atoms with Gasteiger partial charge in [0.1, 0.15) is 0 Å². The molecule has 0 saturated carbocycles. The van der Waals surface area contributed by atoms with Crippen LogP contribution >= 0.6 is 11.3 Å². The first-order chi connectivity index (χ1) is 23.1. The van der Waals surface area contributed by atoms with Crippen LogP contribution in [-0.2, 0) is 5.41 Å². The maximum Gasteiger partial charge on any atom is 0.238 e. The van der Waals surface area contributed by atoms with Crippen molar-refractivity contribution in [3.63, 3.8) is 0 Å². The van der Waals surface area contributed by atoms with Gasteiger partial charge in [0.15, 0.2) is 11.6 Å². The quantitative estimate of drug-likeness (QED) is 0.197. The van der Waals surface area contributed by atoms with Crippen LogP contribution in [0, 0.1) is 0 Å². The van der Waals surface area contributed by atoms with E-state index in [1.54, 1.807) is 0 Å². The molecule has 0 bridgehead atoms. The molecule has 1 aliphatic carbocycles. The van der Waals surface area contributed by atoms with E-state index in [0.29, 0.717) is 17.6 Å². The summed E-state index contributed by atoms with van der Waals surface area (Å²) in [6.07, 6.45) is 0. The number of para-hydroxylation sites is 1. The predicted octanol–water partition coefficient (Wildman–Crippen LogP) is 11.0. The number of fused-ring (bicyclic) bond motifs is 10. The van der Waals surface area contributed by atoms with E-state index < -0.39 is 0 Å². The molecule has 0 fully saturated rings. The van der Waals surface area contributed by atoms with Gasteiger partial charge < -0.3 is 0 Å². The van der Waals surface area contributed by atoms with Crippen LogP contribution in [0.2, 0.25) is 0 Å². The molecule has 222 valence electrons. The summed E-state index contributed by atoms with van der Waals surface area (Å²) >= 11 is 1.81. The predicted molar refractivity (Wildman–Crippen MR) is 195 cm³/mol.